The van der Waals surface area contributed by atoms with Gasteiger partial charge in [-0.15, -0.1) is 0 Å². The lowest BCUT2D eigenvalue weighted by Crippen LogP contribution is -2.45. The first kappa shape index (κ1) is 14.2. The Morgan fingerprint density at radius 3 is 2.65 bits per heavy atom. The Kier molecular flexibility index (Phi) is 4.18. The third-order valence-electron chi connectivity index (χ3n) is 4.89. The van der Waals surface area contributed by atoms with Gasteiger partial charge in [0.05, 0.1) is 0 Å². The van der Waals surface area contributed by atoms with Crippen LogP contribution >= 0.6 is 0 Å². The molecule has 0 spiro atoms. The van der Waals surface area contributed by atoms with Crippen LogP contribution in [0.15, 0.2) is 10.5 Å². The summed E-state index contributed by atoms with van der Waals surface area (Å²) in [6.07, 6.45) is 6.79. The SMILES string of the molecule is Cc1cc(C(C)N(CC2CCCCN2)C2CC2)c(C)o1. The molecule has 0 aromatic carbocycles. The Morgan fingerprint density at radius 2 is 2.10 bits per heavy atom. The van der Waals surface area contributed by atoms with E-state index < -0.39 is 0 Å². The van der Waals surface area contributed by atoms with E-state index in [0.29, 0.717) is 12.1 Å². The Labute approximate surface area is 122 Å². The van der Waals surface area contributed by atoms with E-state index >= 15 is 0 Å². The third kappa shape index (κ3) is 3.09. The number of aryl methyl sites for hydroxylation is 2. The minimum absolute atomic E-state index is 0.476. The van der Waals surface area contributed by atoms with Crippen LogP contribution < -0.4 is 5.32 Å². The van der Waals surface area contributed by atoms with Crippen LogP contribution in [0.3, 0.4) is 0 Å². The molecule has 2 atom stereocenters. The molecule has 1 aliphatic carbocycles. The van der Waals surface area contributed by atoms with Gasteiger partial charge in [-0.1, -0.05) is 6.42 Å². The average Bonchev–Trinajstić information content (AvgIpc) is 3.22. The van der Waals surface area contributed by atoms with Crippen molar-refractivity contribution in [2.75, 3.05) is 13.1 Å². The highest BCUT2D eigenvalue weighted by Crippen LogP contribution is 2.36. The van der Waals surface area contributed by atoms with E-state index in [1.165, 1.54) is 50.8 Å². The van der Waals surface area contributed by atoms with Gasteiger partial charge >= 0.3 is 0 Å². The monoisotopic (exact) mass is 276 g/mol. The molecule has 0 amide bonds. The molecule has 0 radical (unpaired) electrons. The molecule has 1 N–H and O–H groups in total. The zero-order valence-electron chi connectivity index (χ0n) is 13.1. The largest absolute Gasteiger partial charge is 0.466 e. The summed E-state index contributed by atoms with van der Waals surface area (Å²) in [7, 11) is 0. The van der Waals surface area contributed by atoms with Gasteiger partial charge in [-0.2, -0.15) is 0 Å². The fraction of sp³-hybridized carbons (Fsp3) is 0.765. The number of furan rings is 1. The van der Waals surface area contributed by atoms with E-state index in [2.05, 4.69) is 30.1 Å². The number of nitrogens with zero attached hydrogens (tertiary/aromatic N) is 1. The molecular formula is C17H28N2O. The molecule has 2 fully saturated rings. The summed E-state index contributed by atoms with van der Waals surface area (Å²) in [5.41, 5.74) is 1.38. The molecule has 20 heavy (non-hydrogen) atoms. The Morgan fingerprint density at radius 1 is 1.30 bits per heavy atom. The van der Waals surface area contributed by atoms with E-state index in [9.17, 15) is 0 Å². The first-order valence-corrected chi connectivity index (χ1v) is 8.21. The van der Waals surface area contributed by atoms with Crippen LogP contribution in [-0.4, -0.2) is 30.1 Å². The van der Waals surface area contributed by atoms with Crippen molar-refractivity contribution >= 4 is 0 Å². The Balaban J connectivity index is 1.71. The lowest BCUT2D eigenvalue weighted by Gasteiger charge is -2.34. The molecule has 1 saturated carbocycles. The molecule has 2 unspecified atom stereocenters. The second-order valence-electron chi connectivity index (χ2n) is 6.62. The molecule has 1 aromatic heterocycles. The van der Waals surface area contributed by atoms with E-state index in [4.69, 9.17) is 4.42 Å². The van der Waals surface area contributed by atoms with Gasteiger partial charge in [0.25, 0.3) is 0 Å². The normalized spacial score (nSPS) is 25.1. The van der Waals surface area contributed by atoms with Gasteiger partial charge in [-0.25, -0.2) is 0 Å². The van der Waals surface area contributed by atoms with E-state index in [1.807, 2.05) is 6.92 Å². The van der Waals surface area contributed by atoms with Crippen LogP contribution in [0.2, 0.25) is 0 Å². The third-order valence-corrected chi connectivity index (χ3v) is 4.89. The number of hydrogen-bond donors (Lipinski definition) is 1. The molecule has 1 saturated heterocycles. The zero-order chi connectivity index (χ0) is 14.1. The molecule has 1 aliphatic heterocycles. The smallest absolute Gasteiger partial charge is 0.105 e. The lowest BCUT2D eigenvalue weighted by molar-refractivity contribution is 0.165. The maximum Gasteiger partial charge on any atom is 0.105 e. The fourth-order valence-corrected chi connectivity index (χ4v) is 3.61. The van der Waals surface area contributed by atoms with E-state index in [1.54, 1.807) is 0 Å². The van der Waals surface area contributed by atoms with Crippen molar-refractivity contribution in [2.24, 2.45) is 0 Å². The highest BCUT2D eigenvalue weighted by atomic mass is 16.3. The summed E-state index contributed by atoms with van der Waals surface area (Å²) in [6, 6.07) is 4.18. The molecule has 2 aliphatic rings. The summed E-state index contributed by atoms with van der Waals surface area (Å²) >= 11 is 0. The Bertz CT molecular complexity index is 444. The molecule has 3 heteroatoms. The van der Waals surface area contributed by atoms with Crippen molar-refractivity contribution in [3.8, 4) is 0 Å². The Hall–Kier alpha value is -0.800. The predicted octanol–water partition coefficient (Wildman–Crippen LogP) is 3.56. The maximum absolute atomic E-state index is 5.73. The van der Waals surface area contributed by atoms with Gasteiger partial charge in [0.2, 0.25) is 0 Å². The second-order valence-corrected chi connectivity index (χ2v) is 6.62. The lowest BCUT2D eigenvalue weighted by atomic mass is 10.0. The molecular weight excluding hydrogens is 248 g/mol. The zero-order valence-corrected chi connectivity index (χ0v) is 13.1. The predicted molar refractivity (Wildman–Crippen MR) is 82.0 cm³/mol. The molecule has 0 bridgehead atoms. The standard InChI is InChI=1S/C17H28N2O/c1-12-10-17(14(3)20-12)13(2)19(16-7-8-16)11-15-6-4-5-9-18-15/h10,13,15-16,18H,4-9,11H2,1-3H3. The van der Waals surface area contributed by atoms with Crippen LogP contribution in [0, 0.1) is 13.8 Å². The van der Waals surface area contributed by atoms with E-state index in [0.717, 1.165) is 17.6 Å². The molecule has 3 rings (SSSR count). The van der Waals surface area contributed by atoms with Gasteiger partial charge < -0.3 is 9.73 Å². The summed E-state index contributed by atoms with van der Waals surface area (Å²) in [5.74, 6) is 2.13. The van der Waals surface area contributed by atoms with Crippen LogP contribution in [-0.2, 0) is 0 Å². The van der Waals surface area contributed by atoms with Gasteiger partial charge in [0.1, 0.15) is 11.5 Å². The summed E-state index contributed by atoms with van der Waals surface area (Å²) in [4.78, 5) is 2.71. The summed E-state index contributed by atoms with van der Waals surface area (Å²) in [5, 5.41) is 3.69. The first-order chi connectivity index (χ1) is 9.65. The van der Waals surface area contributed by atoms with Crippen LogP contribution in [0.25, 0.3) is 0 Å². The number of hydrogen-bond acceptors (Lipinski definition) is 3. The fourth-order valence-electron chi connectivity index (χ4n) is 3.61. The van der Waals surface area contributed by atoms with Gasteiger partial charge in [-0.3, -0.25) is 4.90 Å². The minimum Gasteiger partial charge on any atom is -0.466 e. The topological polar surface area (TPSA) is 28.4 Å². The van der Waals surface area contributed by atoms with Crippen LogP contribution in [0.4, 0.5) is 0 Å². The number of piperidine rings is 1. The maximum atomic E-state index is 5.73. The second kappa shape index (κ2) is 5.90. The number of nitrogens with one attached hydrogen (secondary N) is 1. The van der Waals surface area contributed by atoms with Crippen molar-refractivity contribution < 1.29 is 4.42 Å². The van der Waals surface area contributed by atoms with Crippen molar-refractivity contribution in [1.82, 2.24) is 10.2 Å². The molecule has 2 heterocycles. The first-order valence-electron chi connectivity index (χ1n) is 8.21. The van der Waals surface area contributed by atoms with Crippen molar-refractivity contribution in [3.63, 3.8) is 0 Å². The van der Waals surface area contributed by atoms with Gasteiger partial charge in [-0.05, 0) is 59.1 Å². The van der Waals surface area contributed by atoms with Crippen molar-refractivity contribution in [1.29, 1.82) is 0 Å². The van der Waals surface area contributed by atoms with E-state index in [-0.39, 0.29) is 0 Å². The van der Waals surface area contributed by atoms with Crippen molar-refractivity contribution in [2.45, 2.75) is 71.0 Å². The molecule has 3 nitrogen and oxygen atoms in total. The van der Waals surface area contributed by atoms with Crippen LogP contribution in [0.5, 0.6) is 0 Å². The quantitative estimate of drug-likeness (QED) is 0.891. The minimum atomic E-state index is 0.476. The molecule has 112 valence electrons. The average molecular weight is 276 g/mol. The highest BCUT2D eigenvalue weighted by Gasteiger charge is 2.35. The summed E-state index contributed by atoms with van der Waals surface area (Å²) < 4.78 is 5.73. The van der Waals surface area contributed by atoms with Gasteiger partial charge in [0.15, 0.2) is 0 Å². The molecule has 1 aromatic rings. The van der Waals surface area contributed by atoms with Gasteiger partial charge in [0, 0.05) is 30.2 Å². The van der Waals surface area contributed by atoms with Crippen LogP contribution in [0.1, 0.15) is 62.2 Å². The number of rotatable bonds is 5. The van der Waals surface area contributed by atoms with Crippen molar-refractivity contribution in [3.05, 3.63) is 23.2 Å². The highest BCUT2D eigenvalue weighted by molar-refractivity contribution is 5.24. The summed E-state index contributed by atoms with van der Waals surface area (Å²) in [6.45, 7) is 8.88.